The minimum absolute atomic E-state index is 0.545. The number of furan rings is 1. The first-order valence-corrected chi connectivity index (χ1v) is 6.87. The first-order chi connectivity index (χ1) is 8.84. The van der Waals surface area contributed by atoms with Gasteiger partial charge in [0.15, 0.2) is 5.11 Å². The van der Waals surface area contributed by atoms with Crippen LogP contribution in [-0.2, 0) is 6.54 Å². The van der Waals surface area contributed by atoms with E-state index < -0.39 is 0 Å². The molecule has 0 aliphatic heterocycles. The van der Waals surface area contributed by atoms with Crippen LogP contribution in [0.2, 0.25) is 0 Å². The van der Waals surface area contributed by atoms with Gasteiger partial charge in [-0.3, -0.25) is 5.43 Å². The number of hydrogen-bond donors (Lipinski definition) is 2. The van der Waals surface area contributed by atoms with Gasteiger partial charge < -0.3 is 9.73 Å². The third-order valence-corrected chi connectivity index (χ3v) is 3.24. The van der Waals surface area contributed by atoms with Crippen LogP contribution in [0.4, 0.5) is 0 Å². The summed E-state index contributed by atoms with van der Waals surface area (Å²) in [5, 5.41) is 7.98. The fourth-order valence-corrected chi connectivity index (χ4v) is 2.12. The molecule has 0 atom stereocenters. The maximum absolute atomic E-state index is 5.21. The molecular formula is C13H19N3OS. The number of nitrogens with zero attached hydrogens (tertiary/aromatic N) is 1. The molecule has 1 fully saturated rings. The topological polar surface area (TPSA) is 49.6 Å². The molecule has 5 heteroatoms. The highest BCUT2D eigenvalue weighted by molar-refractivity contribution is 7.80. The molecule has 0 aromatic carbocycles. The van der Waals surface area contributed by atoms with Crippen molar-refractivity contribution in [2.45, 2.75) is 45.1 Å². The molecule has 0 radical (unpaired) electrons. The molecule has 1 aliphatic rings. The Balaban J connectivity index is 1.71. The molecule has 4 nitrogen and oxygen atoms in total. The van der Waals surface area contributed by atoms with E-state index in [9.17, 15) is 0 Å². The van der Waals surface area contributed by atoms with Crippen LogP contribution < -0.4 is 10.7 Å². The Labute approximate surface area is 113 Å². The summed E-state index contributed by atoms with van der Waals surface area (Å²) in [5.41, 5.74) is 4.14. The largest absolute Gasteiger partial charge is 0.467 e. The molecule has 2 rings (SSSR count). The van der Waals surface area contributed by atoms with Crippen molar-refractivity contribution < 1.29 is 4.42 Å². The molecule has 1 aromatic rings. The molecule has 2 N–H and O–H groups in total. The van der Waals surface area contributed by atoms with Gasteiger partial charge in [0, 0.05) is 5.71 Å². The number of rotatable bonds is 3. The second-order valence-electron chi connectivity index (χ2n) is 4.47. The minimum atomic E-state index is 0.545. The quantitative estimate of drug-likeness (QED) is 0.501. The number of hydrazone groups is 1. The van der Waals surface area contributed by atoms with Gasteiger partial charge in [-0.25, -0.2) is 0 Å². The zero-order valence-corrected chi connectivity index (χ0v) is 11.3. The maximum atomic E-state index is 5.21. The molecule has 1 heterocycles. The molecule has 98 valence electrons. The van der Waals surface area contributed by atoms with E-state index in [1.165, 1.54) is 31.4 Å². The van der Waals surface area contributed by atoms with E-state index in [4.69, 9.17) is 16.6 Å². The Morgan fingerprint density at radius 3 is 2.72 bits per heavy atom. The van der Waals surface area contributed by atoms with E-state index in [2.05, 4.69) is 15.8 Å². The summed E-state index contributed by atoms with van der Waals surface area (Å²) in [6, 6.07) is 3.77. The lowest BCUT2D eigenvalue weighted by Crippen LogP contribution is -2.32. The average Bonchev–Trinajstić information content (AvgIpc) is 2.76. The molecule has 0 amide bonds. The Hall–Kier alpha value is -1.36. The van der Waals surface area contributed by atoms with Crippen molar-refractivity contribution >= 4 is 23.0 Å². The second kappa shape index (κ2) is 7.16. The van der Waals surface area contributed by atoms with Crippen LogP contribution >= 0.6 is 12.2 Å². The van der Waals surface area contributed by atoms with Crippen LogP contribution in [0, 0.1) is 0 Å². The van der Waals surface area contributed by atoms with Crippen molar-refractivity contribution in [3.63, 3.8) is 0 Å². The smallest absolute Gasteiger partial charge is 0.187 e. The first kappa shape index (κ1) is 13.1. The SMILES string of the molecule is S=C(NCc1ccco1)NN=C1CCCCCC1. The normalized spacial score (nSPS) is 15.9. The molecule has 0 unspecified atom stereocenters. The van der Waals surface area contributed by atoms with Crippen LogP contribution in [0.3, 0.4) is 0 Å². The van der Waals surface area contributed by atoms with Gasteiger partial charge in [0.05, 0.1) is 12.8 Å². The van der Waals surface area contributed by atoms with Gasteiger partial charge in [-0.1, -0.05) is 12.8 Å². The average molecular weight is 265 g/mol. The van der Waals surface area contributed by atoms with E-state index >= 15 is 0 Å². The monoisotopic (exact) mass is 265 g/mol. The molecule has 0 spiro atoms. The van der Waals surface area contributed by atoms with Gasteiger partial charge >= 0.3 is 0 Å². The van der Waals surface area contributed by atoms with Crippen molar-refractivity contribution in [3.05, 3.63) is 24.2 Å². The van der Waals surface area contributed by atoms with Crippen molar-refractivity contribution in [1.82, 2.24) is 10.7 Å². The van der Waals surface area contributed by atoms with Crippen LogP contribution in [0.25, 0.3) is 0 Å². The lowest BCUT2D eigenvalue weighted by atomic mass is 10.2. The minimum Gasteiger partial charge on any atom is -0.467 e. The first-order valence-electron chi connectivity index (χ1n) is 6.46. The van der Waals surface area contributed by atoms with Crippen molar-refractivity contribution in [1.29, 1.82) is 0 Å². The summed E-state index contributed by atoms with van der Waals surface area (Å²) in [5.74, 6) is 0.862. The van der Waals surface area contributed by atoms with E-state index in [0.717, 1.165) is 18.6 Å². The van der Waals surface area contributed by atoms with E-state index in [1.807, 2.05) is 12.1 Å². The Morgan fingerprint density at radius 1 is 1.28 bits per heavy atom. The van der Waals surface area contributed by atoms with Crippen LogP contribution in [0.15, 0.2) is 27.9 Å². The number of thiocarbonyl (C=S) groups is 1. The van der Waals surface area contributed by atoms with Crippen LogP contribution in [0.1, 0.15) is 44.3 Å². The predicted molar refractivity (Wildman–Crippen MR) is 76.4 cm³/mol. The summed E-state index contributed by atoms with van der Waals surface area (Å²) in [6.45, 7) is 0.587. The van der Waals surface area contributed by atoms with Gasteiger partial charge in [-0.05, 0) is 50.0 Å². The summed E-state index contributed by atoms with van der Waals surface area (Å²) in [6.07, 6.45) is 8.96. The molecule has 0 saturated heterocycles. The Kier molecular flexibility index (Phi) is 5.20. The highest BCUT2D eigenvalue weighted by atomic mass is 32.1. The third kappa shape index (κ3) is 4.49. The highest BCUT2D eigenvalue weighted by Gasteiger charge is 2.05. The maximum Gasteiger partial charge on any atom is 0.187 e. The zero-order chi connectivity index (χ0) is 12.6. The van der Waals surface area contributed by atoms with E-state index in [1.54, 1.807) is 6.26 Å². The standard InChI is InChI=1S/C13H19N3OS/c18-13(14-10-12-8-5-9-17-12)16-15-11-6-3-1-2-4-7-11/h5,8-9H,1-4,6-7,10H2,(H2,14,16,18). The van der Waals surface area contributed by atoms with Crippen LogP contribution in [-0.4, -0.2) is 10.8 Å². The fourth-order valence-electron chi connectivity index (χ4n) is 2.00. The predicted octanol–water partition coefficient (Wildman–Crippen LogP) is 2.95. The molecule has 0 bridgehead atoms. The molecule has 1 aromatic heterocycles. The van der Waals surface area contributed by atoms with Gasteiger partial charge in [0.1, 0.15) is 5.76 Å². The number of hydrogen-bond acceptors (Lipinski definition) is 3. The summed E-state index contributed by atoms with van der Waals surface area (Å²) in [7, 11) is 0. The lowest BCUT2D eigenvalue weighted by molar-refractivity contribution is 0.502. The van der Waals surface area contributed by atoms with Gasteiger partial charge in [-0.2, -0.15) is 5.10 Å². The molecule has 18 heavy (non-hydrogen) atoms. The van der Waals surface area contributed by atoms with Gasteiger partial charge in [0.25, 0.3) is 0 Å². The van der Waals surface area contributed by atoms with Crippen molar-refractivity contribution in [2.75, 3.05) is 0 Å². The molecule has 1 saturated carbocycles. The lowest BCUT2D eigenvalue weighted by Gasteiger charge is -2.07. The molecular weight excluding hydrogens is 246 g/mol. The third-order valence-electron chi connectivity index (χ3n) is 3.00. The Morgan fingerprint density at radius 2 is 2.06 bits per heavy atom. The van der Waals surface area contributed by atoms with Crippen molar-refractivity contribution in [3.8, 4) is 0 Å². The van der Waals surface area contributed by atoms with Gasteiger partial charge in [0.2, 0.25) is 0 Å². The second-order valence-corrected chi connectivity index (χ2v) is 4.87. The Bertz CT molecular complexity index is 390. The van der Waals surface area contributed by atoms with Crippen LogP contribution in [0.5, 0.6) is 0 Å². The van der Waals surface area contributed by atoms with E-state index in [-0.39, 0.29) is 0 Å². The highest BCUT2D eigenvalue weighted by Crippen LogP contribution is 2.14. The van der Waals surface area contributed by atoms with Crippen molar-refractivity contribution in [2.24, 2.45) is 5.10 Å². The van der Waals surface area contributed by atoms with E-state index in [0.29, 0.717) is 11.7 Å². The number of nitrogens with one attached hydrogen (secondary N) is 2. The summed E-state index contributed by atoms with van der Waals surface area (Å²) >= 11 is 5.16. The zero-order valence-electron chi connectivity index (χ0n) is 10.4. The molecule has 1 aliphatic carbocycles. The summed E-state index contributed by atoms with van der Waals surface area (Å²) < 4.78 is 5.21. The fraction of sp³-hybridized carbons (Fsp3) is 0.538. The summed E-state index contributed by atoms with van der Waals surface area (Å²) in [4.78, 5) is 0. The van der Waals surface area contributed by atoms with Gasteiger partial charge in [-0.15, -0.1) is 0 Å².